The molecule has 180 valence electrons. The molecule has 0 aromatic heterocycles. The Morgan fingerprint density at radius 2 is 1.71 bits per heavy atom. The zero-order valence-electron chi connectivity index (χ0n) is 19.4. The summed E-state index contributed by atoms with van der Waals surface area (Å²) in [6.07, 6.45) is 1.06. The quantitative estimate of drug-likeness (QED) is 0.461. The topological polar surface area (TPSA) is 81.8 Å². The van der Waals surface area contributed by atoms with Crippen LogP contribution < -0.4 is 15.8 Å². The van der Waals surface area contributed by atoms with Gasteiger partial charge in [0.2, 0.25) is 0 Å². The third kappa shape index (κ3) is 5.63. The molecule has 0 radical (unpaired) electrons. The molecular weight excluding hydrogens is 464 g/mol. The molecule has 4 rings (SSSR count). The van der Waals surface area contributed by atoms with Gasteiger partial charge < -0.3 is 9.80 Å². The molecular formula is C27H27ClN4O3. The van der Waals surface area contributed by atoms with E-state index in [1.165, 1.54) is 4.90 Å². The lowest BCUT2D eigenvalue weighted by molar-refractivity contribution is -0.126. The van der Waals surface area contributed by atoms with Gasteiger partial charge in [0.05, 0.1) is 16.9 Å². The van der Waals surface area contributed by atoms with Crippen molar-refractivity contribution in [3.8, 4) is 0 Å². The number of hydrogen-bond donors (Lipinski definition) is 2. The molecule has 1 unspecified atom stereocenters. The third-order valence-electron chi connectivity index (χ3n) is 5.82. The molecule has 3 amide bonds. The van der Waals surface area contributed by atoms with Crippen molar-refractivity contribution >= 4 is 40.7 Å². The number of amides is 3. The van der Waals surface area contributed by atoms with E-state index in [0.29, 0.717) is 41.3 Å². The zero-order chi connectivity index (χ0) is 24.8. The number of hydrogen-bond acceptors (Lipinski definition) is 4. The first-order chi connectivity index (χ1) is 17.0. The van der Waals surface area contributed by atoms with Crippen LogP contribution in [0.1, 0.15) is 29.3 Å². The number of rotatable bonds is 8. The molecule has 2 N–H and O–H groups in total. The van der Waals surface area contributed by atoms with Gasteiger partial charge in [0.1, 0.15) is 12.6 Å². The number of halogens is 1. The Bertz CT molecular complexity index is 1220. The summed E-state index contributed by atoms with van der Waals surface area (Å²) in [6.45, 7) is 2.16. The Morgan fingerprint density at radius 3 is 2.46 bits per heavy atom. The maximum atomic E-state index is 13.9. The fourth-order valence-corrected chi connectivity index (χ4v) is 4.40. The minimum atomic E-state index is -0.731. The van der Waals surface area contributed by atoms with Gasteiger partial charge in [-0.3, -0.25) is 25.2 Å². The number of nitrogens with zero attached hydrogens (tertiary/aromatic N) is 2. The molecule has 7 nitrogen and oxygen atoms in total. The number of benzene rings is 3. The normalized spacial score (nSPS) is 15.4. The van der Waals surface area contributed by atoms with Gasteiger partial charge in [0.15, 0.2) is 0 Å². The highest BCUT2D eigenvalue weighted by Crippen LogP contribution is 2.29. The summed E-state index contributed by atoms with van der Waals surface area (Å²) in [6, 6.07) is 22.7. The number of anilines is 2. The maximum absolute atomic E-state index is 13.9. The van der Waals surface area contributed by atoms with Gasteiger partial charge in [-0.15, -0.1) is 0 Å². The molecule has 1 atom stereocenters. The van der Waals surface area contributed by atoms with Crippen LogP contribution in [0.3, 0.4) is 0 Å². The lowest BCUT2D eigenvalue weighted by Gasteiger charge is -2.31. The van der Waals surface area contributed by atoms with Crippen molar-refractivity contribution in [3.63, 3.8) is 0 Å². The van der Waals surface area contributed by atoms with E-state index in [2.05, 4.69) is 10.9 Å². The van der Waals surface area contributed by atoms with Crippen molar-refractivity contribution in [2.45, 2.75) is 25.8 Å². The minimum Gasteiger partial charge on any atom is -0.326 e. The van der Waals surface area contributed by atoms with Crippen LogP contribution >= 0.6 is 11.6 Å². The molecule has 0 aliphatic carbocycles. The molecule has 3 aromatic rings. The molecule has 0 saturated heterocycles. The van der Waals surface area contributed by atoms with Crippen LogP contribution in [-0.2, 0) is 16.0 Å². The average molecular weight is 491 g/mol. The molecule has 3 aromatic carbocycles. The van der Waals surface area contributed by atoms with E-state index < -0.39 is 11.9 Å². The lowest BCUT2D eigenvalue weighted by Crippen LogP contribution is -2.52. The van der Waals surface area contributed by atoms with E-state index in [4.69, 9.17) is 11.6 Å². The standard InChI is InChI=1S/C27H27ClN4O3/c1-2-15-31-24(16-19-9-4-3-5-10-19)27(35)32(23-14-7-6-13-22(23)26(31)34)18-25(33)30-29-21-12-8-11-20(28)17-21/h3-14,17,24,29H,2,15-16,18H2,1H3,(H,30,33). The first kappa shape index (κ1) is 24.3. The van der Waals surface area contributed by atoms with Crippen LogP contribution in [0.25, 0.3) is 0 Å². The summed E-state index contributed by atoms with van der Waals surface area (Å²) in [7, 11) is 0. The summed E-state index contributed by atoms with van der Waals surface area (Å²) >= 11 is 6.00. The number of hydrazine groups is 1. The summed E-state index contributed by atoms with van der Waals surface area (Å²) in [4.78, 5) is 43.4. The van der Waals surface area contributed by atoms with Gasteiger partial charge in [-0.2, -0.15) is 0 Å². The van der Waals surface area contributed by atoms with E-state index in [1.807, 2.05) is 37.3 Å². The van der Waals surface area contributed by atoms with Gasteiger partial charge in [-0.25, -0.2) is 0 Å². The van der Waals surface area contributed by atoms with Gasteiger partial charge in [0, 0.05) is 18.0 Å². The predicted molar refractivity (Wildman–Crippen MR) is 137 cm³/mol. The number of carbonyl (C=O) groups is 3. The number of para-hydroxylation sites is 1. The highest BCUT2D eigenvalue weighted by atomic mass is 35.5. The van der Waals surface area contributed by atoms with Crippen LogP contribution in [0.2, 0.25) is 5.02 Å². The van der Waals surface area contributed by atoms with E-state index in [9.17, 15) is 14.4 Å². The van der Waals surface area contributed by atoms with Gasteiger partial charge in [-0.05, 0) is 42.3 Å². The SMILES string of the molecule is CCCN1C(=O)c2ccccc2N(CC(=O)NNc2cccc(Cl)c2)C(=O)C1Cc1ccccc1. The third-order valence-corrected chi connectivity index (χ3v) is 6.06. The summed E-state index contributed by atoms with van der Waals surface area (Å²) < 4.78 is 0. The fourth-order valence-electron chi connectivity index (χ4n) is 4.21. The monoisotopic (exact) mass is 490 g/mol. The van der Waals surface area contributed by atoms with Crippen molar-refractivity contribution in [1.82, 2.24) is 10.3 Å². The average Bonchev–Trinajstić information content (AvgIpc) is 2.94. The first-order valence-corrected chi connectivity index (χ1v) is 11.9. The van der Waals surface area contributed by atoms with Crippen LogP contribution in [0.5, 0.6) is 0 Å². The minimum absolute atomic E-state index is 0.211. The van der Waals surface area contributed by atoms with E-state index in [-0.39, 0.29) is 18.4 Å². The molecule has 1 aliphatic heterocycles. The fraction of sp³-hybridized carbons (Fsp3) is 0.222. The molecule has 35 heavy (non-hydrogen) atoms. The van der Waals surface area contributed by atoms with Crippen LogP contribution in [0.4, 0.5) is 11.4 Å². The van der Waals surface area contributed by atoms with Gasteiger partial charge >= 0.3 is 0 Å². The summed E-state index contributed by atoms with van der Waals surface area (Å²) in [5.41, 5.74) is 7.82. The zero-order valence-corrected chi connectivity index (χ0v) is 20.2. The highest BCUT2D eigenvalue weighted by Gasteiger charge is 2.39. The second-order valence-electron chi connectivity index (χ2n) is 8.33. The Kier molecular flexibility index (Phi) is 7.67. The Morgan fingerprint density at radius 1 is 0.971 bits per heavy atom. The van der Waals surface area contributed by atoms with Crippen molar-refractivity contribution in [2.75, 3.05) is 23.4 Å². The molecule has 0 spiro atoms. The van der Waals surface area contributed by atoms with Crippen LogP contribution in [0, 0.1) is 0 Å². The van der Waals surface area contributed by atoms with Gasteiger partial charge in [0.25, 0.3) is 17.7 Å². The van der Waals surface area contributed by atoms with Crippen molar-refractivity contribution < 1.29 is 14.4 Å². The van der Waals surface area contributed by atoms with E-state index in [1.54, 1.807) is 53.4 Å². The summed E-state index contributed by atoms with van der Waals surface area (Å²) in [5, 5.41) is 0.527. The molecule has 0 fully saturated rings. The number of nitrogens with one attached hydrogen (secondary N) is 2. The smallest absolute Gasteiger partial charge is 0.258 e. The van der Waals surface area contributed by atoms with Crippen molar-refractivity contribution in [3.05, 3.63) is 95.0 Å². The number of carbonyl (C=O) groups excluding carboxylic acids is 3. The Labute approximate surface area is 209 Å². The van der Waals surface area contributed by atoms with Gasteiger partial charge in [-0.1, -0.05) is 67.1 Å². The molecule has 1 heterocycles. The van der Waals surface area contributed by atoms with Crippen LogP contribution in [-0.4, -0.2) is 41.8 Å². The van der Waals surface area contributed by atoms with E-state index >= 15 is 0 Å². The Hall–Kier alpha value is -3.84. The number of fused-ring (bicyclic) bond motifs is 1. The van der Waals surface area contributed by atoms with Crippen LogP contribution in [0.15, 0.2) is 78.9 Å². The lowest BCUT2D eigenvalue weighted by atomic mass is 10.0. The highest BCUT2D eigenvalue weighted by molar-refractivity contribution is 6.30. The first-order valence-electron chi connectivity index (χ1n) is 11.5. The largest absolute Gasteiger partial charge is 0.326 e. The van der Waals surface area contributed by atoms with Crippen molar-refractivity contribution in [2.24, 2.45) is 0 Å². The molecule has 0 saturated carbocycles. The molecule has 0 bridgehead atoms. The second-order valence-corrected chi connectivity index (χ2v) is 8.77. The second kappa shape index (κ2) is 11.1. The Balaban J connectivity index is 1.63. The maximum Gasteiger partial charge on any atom is 0.258 e. The molecule has 8 heteroatoms. The van der Waals surface area contributed by atoms with E-state index in [0.717, 1.165) is 5.56 Å². The predicted octanol–water partition coefficient (Wildman–Crippen LogP) is 4.29. The molecule has 1 aliphatic rings. The summed E-state index contributed by atoms with van der Waals surface area (Å²) in [5.74, 6) is -0.932. The van der Waals surface area contributed by atoms with Crippen molar-refractivity contribution in [1.29, 1.82) is 0 Å².